The van der Waals surface area contributed by atoms with E-state index < -0.39 is 0 Å². The van der Waals surface area contributed by atoms with E-state index in [1.807, 2.05) is 12.1 Å². The van der Waals surface area contributed by atoms with Crippen LogP contribution in [-0.4, -0.2) is 41.7 Å². The Morgan fingerprint density at radius 2 is 2.35 bits per heavy atom. The van der Waals surface area contributed by atoms with Crippen LogP contribution >= 0.6 is 0 Å². The van der Waals surface area contributed by atoms with Gasteiger partial charge >= 0.3 is 0 Å². The number of anilines is 2. The summed E-state index contributed by atoms with van der Waals surface area (Å²) < 4.78 is 0. The second kappa shape index (κ2) is 6.72. The van der Waals surface area contributed by atoms with Crippen molar-refractivity contribution in [3.63, 3.8) is 0 Å². The first-order chi connectivity index (χ1) is 9.60. The van der Waals surface area contributed by atoms with Crippen LogP contribution in [0.25, 0.3) is 0 Å². The number of nitrogen functional groups attached to an aromatic ring is 1. The second-order valence-corrected chi connectivity index (χ2v) is 5.48. The summed E-state index contributed by atoms with van der Waals surface area (Å²) in [4.78, 5) is 14.1. The highest BCUT2D eigenvalue weighted by Gasteiger charge is 2.30. The molecule has 1 heterocycles. The standard InChI is InChI=1S/C15H23N3O2/c1-11-5-7-18(14(11)10-19)8-6-15(20)17-13-4-2-3-12(16)9-13/h2-4,9,11,14,19H,5-8,10,16H2,1H3,(H,17,20). The molecule has 5 heteroatoms. The van der Waals surface area contributed by atoms with Crippen LogP contribution in [0.2, 0.25) is 0 Å². The molecule has 1 aliphatic heterocycles. The van der Waals surface area contributed by atoms with Gasteiger partial charge in [0, 0.05) is 30.4 Å². The molecule has 5 nitrogen and oxygen atoms in total. The molecule has 20 heavy (non-hydrogen) atoms. The molecule has 0 saturated carbocycles. The minimum atomic E-state index is -0.0214. The van der Waals surface area contributed by atoms with Gasteiger partial charge in [-0.1, -0.05) is 13.0 Å². The van der Waals surface area contributed by atoms with Gasteiger partial charge in [0.2, 0.25) is 5.91 Å². The number of rotatable bonds is 5. The number of hydrogen-bond acceptors (Lipinski definition) is 4. The Balaban J connectivity index is 1.81. The van der Waals surface area contributed by atoms with E-state index in [2.05, 4.69) is 17.1 Å². The molecule has 1 saturated heterocycles. The first kappa shape index (κ1) is 14.8. The summed E-state index contributed by atoms with van der Waals surface area (Å²) in [7, 11) is 0. The predicted octanol–water partition coefficient (Wildman–Crippen LogP) is 1.30. The highest BCUT2D eigenvalue weighted by molar-refractivity contribution is 5.91. The van der Waals surface area contributed by atoms with Crippen molar-refractivity contribution in [2.45, 2.75) is 25.8 Å². The molecular formula is C15H23N3O2. The molecule has 4 N–H and O–H groups in total. The van der Waals surface area contributed by atoms with Crippen LogP contribution in [0.3, 0.4) is 0 Å². The molecule has 1 aromatic carbocycles. The van der Waals surface area contributed by atoms with Gasteiger partial charge in [-0.15, -0.1) is 0 Å². The van der Waals surface area contributed by atoms with Gasteiger partial charge in [-0.2, -0.15) is 0 Å². The third kappa shape index (κ3) is 3.71. The Labute approximate surface area is 119 Å². The third-order valence-electron chi connectivity index (χ3n) is 3.98. The van der Waals surface area contributed by atoms with Crippen molar-refractivity contribution in [2.75, 3.05) is 30.7 Å². The average molecular weight is 277 g/mol. The van der Waals surface area contributed by atoms with E-state index in [4.69, 9.17) is 5.73 Å². The molecule has 0 spiro atoms. The van der Waals surface area contributed by atoms with Crippen LogP contribution in [0.5, 0.6) is 0 Å². The molecule has 1 fully saturated rings. The van der Waals surface area contributed by atoms with Crippen molar-refractivity contribution in [2.24, 2.45) is 5.92 Å². The molecular weight excluding hydrogens is 254 g/mol. The number of amides is 1. The summed E-state index contributed by atoms with van der Waals surface area (Å²) in [6.07, 6.45) is 1.51. The van der Waals surface area contributed by atoms with E-state index in [1.165, 1.54) is 0 Å². The molecule has 2 rings (SSSR count). The van der Waals surface area contributed by atoms with Crippen LogP contribution in [0.4, 0.5) is 11.4 Å². The monoisotopic (exact) mass is 277 g/mol. The number of nitrogens with one attached hydrogen (secondary N) is 1. The first-order valence-electron chi connectivity index (χ1n) is 7.10. The molecule has 1 aliphatic rings. The zero-order chi connectivity index (χ0) is 14.5. The van der Waals surface area contributed by atoms with Gasteiger partial charge in [0.15, 0.2) is 0 Å². The van der Waals surface area contributed by atoms with Gasteiger partial charge in [0.05, 0.1) is 6.61 Å². The lowest BCUT2D eigenvalue weighted by Gasteiger charge is -2.24. The predicted molar refractivity (Wildman–Crippen MR) is 80.3 cm³/mol. The number of likely N-dealkylation sites (tertiary alicyclic amines) is 1. The lowest BCUT2D eigenvalue weighted by Crippen LogP contribution is -2.37. The quantitative estimate of drug-likeness (QED) is 0.709. The third-order valence-corrected chi connectivity index (χ3v) is 3.98. The number of hydrogen-bond donors (Lipinski definition) is 3. The van der Waals surface area contributed by atoms with Crippen LogP contribution < -0.4 is 11.1 Å². The fourth-order valence-corrected chi connectivity index (χ4v) is 2.75. The number of aliphatic hydroxyl groups excluding tert-OH is 1. The Morgan fingerprint density at radius 3 is 3.05 bits per heavy atom. The Bertz CT molecular complexity index is 464. The normalized spacial score (nSPS) is 22.9. The smallest absolute Gasteiger partial charge is 0.225 e. The zero-order valence-corrected chi connectivity index (χ0v) is 11.9. The fourth-order valence-electron chi connectivity index (χ4n) is 2.75. The van der Waals surface area contributed by atoms with Gasteiger partial charge < -0.3 is 16.2 Å². The van der Waals surface area contributed by atoms with E-state index in [9.17, 15) is 9.90 Å². The number of nitrogens with zero attached hydrogens (tertiary/aromatic N) is 1. The van der Waals surface area contributed by atoms with Gasteiger partial charge in [-0.05, 0) is 37.1 Å². The molecule has 0 radical (unpaired) electrons. The fraction of sp³-hybridized carbons (Fsp3) is 0.533. The maximum Gasteiger partial charge on any atom is 0.225 e. The maximum atomic E-state index is 11.9. The Kier molecular flexibility index (Phi) is 4.98. The lowest BCUT2D eigenvalue weighted by molar-refractivity contribution is -0.116. The molecule has 2 atom stereocenters. The summed E-state index contributed by atoms with van der Waals surface area (Å²) in [6, 6.07) is 7.35. The van der Waals surface area contributed by atoms with Gasteiger partial charge in [0.25, 0.3) is 0 Å². The van der Waals surface area contributed by atoms with Crippen LogP contribution in [0, 0.1) is 5.92 Å². The van der Waals surface area contributed by atoms with Crippen LogP contribution in [-0.2, 0) is 4.79 Å². The van der Waals surface area contributed by atoms with E-state index in [0.29, 0.717) is 24.6 Å². The molecule has 0 aliphatic carbocycles. The van der Waals surface area contributed by atoms with Crippen LogP contribution in [0.15, 0.2) is 24.3 Å². The molecule has 2 unspecified atom stereocenters. The van der Waals surface area contributed by atoms with Gasteiger partial charge in [0.1, 0.15) is 0 Å². The summed E-state index contributed by atoms with van der Waals surface area (Å²) in [6.45, 7) is 3.95. The lowest BCUT2D eigenvalue weighted by atomic mass is 10.0. The minimum Gasteiger partial charge on any atom is -0.399 e. The van der Waals surface area contributed by atoms with E-state index >= 15 is 0 Å². The van der Waals surface area contributed by atoms with Gasteiger partial charge in [-0.25, -0.2) is 0 Å². The Hall–Kier alpha value is -1.59. The minimum absolute atomic E-state index is 0.0214. The molecule has 1 aromatic rings. The number of nitrogens with two attached hydrogens (primary N) is 1. The van der Waals surface area contributed by atoms with E-state index in [1.54, 1.807) is 12.1 Å². The molecule has 0 aromatic heterocycles. The van der Waals surface area contributed by atoms with Gasteiger partial charge in [-0.3, -0.25) is 9.69 Å². The number of benzene rings is 1. The zero-order valence-electron chi connectivity index (χ0n) is 11.9. The van der Waals surface area contributed by atoms with Crippen LogP contribution in [0.1, 0.15) is 19.8 Å². The SMILES string of the molecule is CC1CCN(CCC(=O)Nc2cccc(N)c2)C1CO. The van der Waals surface area contributed by atoms with Crippen molar-refractivity contribution in [3.05, 3.63) is 24.3 Å². The number of aliphatic hydroxyl groups is 1. The van der Waals surface area contributed by atoms with Crippen molar-refractivity contribution in [3.8, 4) is 0 Å². The summed E-state index contributed by atoms with van der Waals surface area (Å²) in [5, 5.41) is 12.2. The molecule has 1 amide bonds. The van der Waals surface area contributed by atoms with Crippen molar-refractivity contribution in [1.29, 1.82) is 0 Å². The van der Waals surface area contributed by atoms with Crippen molar-refractivity contribution in [1.82, 2.24) is 4.90 Å². The summed E-state index contributed by atoms with van der Waals surface area (Å²) >= 11 is 0. The summed E-state index contributed by atoms with van der Waals surface area (Å²) in [5.41, 5.74) is 7.03. The van der Waals surface area contributed by atoms with Crippen molar-refractivity contribution < 1.29 is 9.90 Å². The number of carbonyl (C=O) groups is 1. The van der Waals surface area contributed by atoms with Crippen molar-refractivity contribution >= 4 is 17.3 Å². The largest absolute Gasteiger partial charge is 0.399 e. The molecule has 110 valence electrons. The maximum absolute atomic E-state index is 11.9. The summed E-state index contributed by atoms with van der Waals surface area (Å²) in [5.74, 6) is 0.476. The molecule has 0 bridgehead atoms. The second-order valence-electron chi connectivity index (χ2n) is 5.48. The average Bonchev–Trinajstić information content (AvgIpc) is 2.77. The topological polar surface area (TPSA) is 78.6 Å². The number of carbonyl (C=O) groups excluding carboxylic acids is 1. The van der Waals surface area contributed by atoms with E-state index in [0.717, 1.165) is 18.7 Å². The first-order valence-corrected chi connectivity index (χ1v) is 7.10. The van der Waals surface area contributed by atoms with E-state index in [-0.39, 0.29) is 18.6 Å². The highest BCUT2D eigenvalue weighted by atomic mass is 16.3. The Morgan fingerprint density at radius 1 is 1.55 bits per heavy atom. The highest BCUT2D eigenvalue weighted by Crippen LogP contribution is 2.23.